The summed E-state index contributed by atoms with van der Waals surface area (Å²) in [6, 6.07) is 0. The number of ether oxygens (including phenoxy) is 2. The molecule has 0 unspecified atom stereocenters. The highest BCUT2D eigenvalue weighted by Crippen LogP contribution is 2.19. The minimum Gasteiger partial charge on any atom is -0.466 e. The fraction of sp³-hybridized carbons (Fsp3) is 0.737. The average Bonchev–Trinajstić information content (AvgIpc) is 3.00. The zero-order chi connectivity index (χ0) is 19.5. The van der Waals surface area contributed by atoms with Crippen molar-refractivity contribution in [3.63, 3.8) is 0 Å². The predicted octanol–water partition coefficient (Wildman–Crippen LogP) is 2.21. The van der Waals surface area contributed by atoms with Crippen LogP contribution in [0.1, 0.15) is 54.4 Å². The van der Waals surface area contributed by atoms with Crippen molar-refractivity contribution in [1.82, 2.24) is 15.1 Å². The number of fused-ring (bicyclic) bond motifs is 1. The Hall–Kier alpha value is -1.54. The van der Waals surface area contributed by atoms with Gasteiger partial charge in [0.15, 0.2) is 0 Å². The zero-order valence-corrected chi connectivity index (χ0v) is 17.2. The van der Waals surface area contributed by atoms with Crippen LogP contribution in [0, 0.1) is 0 Å². The third kappa shape index (κ3) is 6.84. The number of carbonyl (C=O) groups is 2. The Morgan fingerprint density at radius 3 is 2.96 bits per heavy atom. The van der Waals surface area contributed by atoms with Crippen molar-refractivity contribution in [2.24, 2.45) is 0 Å². The summed E-state index contributed by atoms with van der Waals surface area (Å²) < 4.78 is 12.8. The van der Waals surface area contributed by atoms with Gasteiger partial charge in [-0.25, -0.2) is 0 Å². The number of hydrogen-bond acceptors (Lipinski definition) is 6. The normalized spacial score (nSPS) is 15.6. The summed E-state index contributed by atoms with van der Waals surface area (Å²) >= 11 is 1.63. The molecule has 1 aliphatic rings. The van der Waals surface area contributed by atoms with E-state index in [1.807, 2.05) is 17.9 Å². The van der Waals surface area contributed by atoms with Gasteiger partial charge in [-0.15, -0.1) is 0 Å². The summed E-state index contributed by atoms with van der Waals surface area (Å²) in [6.07, 6.45) is 6.24. The first-order valence-corrected chi connectivity index (χ1v) is 11.2. The summed E-state index contributed by atoms with van der Waals surface area (Å²) in [5, 5.41) is 7.65. The molecule has 0 aliphatic carbocycles. The highest BCUT2D eigenvalue weighted by molar-refractivity contribution is 7.98. The molecular weight excluding hydrogens is 366 g/mol. The lowest BCUT2D eigenvalue weighted by Gasteiger charge is -2.10. The highest BCUT2D eigenvalue weighted by atomic mass is 32.2. The molecule has 0 radical (unpaired) electrons. The molecule has 2 rings (SSSR count). The van der Waals surface area contributed by atoms with Gasteiger partial charge >= 0.3 is 5.97 Å². The van der Waals surface area contributed by atoms with Crippen LogP contribution < -0.4 is 5.32 Å². The van der Waals surface area contributed by atoms with Crippen molar-refractivity contribution < 1.29 is 19.1 Å². The Kier molecular flexibility index (Phi) is 9.69. The molecule has 0 fully saturated rings. The Morgan fingerprint density at radius 2 is 2.19 bits per heavy atom. The van der Waals surface area contributed by atoms with Crippen LogP contribution in [-0.4, -0.2) is 60.0 Å². The SMILES string of the molecule is CCc1nn(CCCOC(=O)CCSC)c2c1C(=O)NCCCOCCC2. The standard InChI is InChI=1S/C19H31N3O4S/c1-3-15-18-16(7-4-11-25-12-5-9-20-19(18)24)22(21-15)10-6-13-26-17(23)8-14-27-2/h3-14H2,1-2H3,(H,20,24). The molecule has 0 aromatic carbocycles. The van der Waals surface area contributed by atoms with Gasteiger partial charge in [0.25, 0.3) is 5.91 Å². The molecule has 0 atom stereocenters. The van der Waals surface area contributed by atoms with Crippen LogP contribution in [0.3, 0.4) is 0 Å². The summed E-state index contributed by atoms with van der Waals surface area (Å²) in [7, 11) is 0. The van der Waals surface area contributed by atoms with Crippen LogP contribution in [0.25, 0.3) is 0 Å². The van der Waals surface area contributed by atoms with Gasteiger partial charge in [-0.2, -0.15) is 16.9 Å². The maximum atomic E-state index is 12.7. The Morgan fingerprint density at radius 1 is 1.37 bits per heavy atom. The van der Waals surface area contributed by atoms with Crippen LogP contribution in [0.2, 0.25) is 0 Å². The Labute approximate surface area is 165 Å². The molecule has 0 bridgehead atoms. The van der Waals surface area contributed by atoms with E-state index in [2.05, 4.69) is 10.4 Å². The zero-order valence-electron chi connectivity index (χ0n) is 16.4. The van der Waals surface area contributed by atoms with Crippen molar-refractivity contribution in [2.75, 3.05) is 38.4 Å². The topological polar surface area (TPSA) is 82.5 Å². The van der Waals surface area contributed by atoms with Crippen molar-refractivity contribution >= 4 is 23.6 Å². The first-order valence-electron chi connectivity index (χ1n) is 9.76. The monoisotopic (exact) mass is 397 g/mol. The number of nitrogens with one attached hydrogen (secondary N) is 1. The number of thioether (sulfide) groups is 1. The lowest BCUT2D eigenvalue weighted by Crippen LogP contribution is -2.26. The number of amides is 1. The van der Waals surface area contributed by atoms with Gasteiger partial charge in [-0.05, 0) is 31.9 Å². The summed E-state index contributed by atoms with van der Waals surface area (Å²) in [5.74, 6) is 0.580. The van der Waals surface area contributed by atoms with Crippen molar-refractivity contribution in [3.8, 4) is 0 Å². The summed E-state index contributed by atoms with van der Waals surface area (Å²) in [4.78, 5) is 24.3. The molecule has 1 aliphatic heterocycles. The van der Waals surface area contributed by atoms with Crippen molar-refractivity contribution in [2.45, 2.75) is 52.0 Å². The molecule has 2 heterocycles. The van der Waals surface area contributed by atoms with Crippen molar-refractivity contribution in [3.05, 3.63) is 17.0 Å². The van der Waals surface area contributed by atoms with E-state index in [4.69, 9.17) is 9.47 Å². The van der Waals surface area contributed by atoms with Gasteiger partial charge in [0.1, 0.15) is 0 Å². The molecule has 1 aromatic heterocycles. The van der Waals surface area contributed by atoms with E-state index in [0.717, 1.165) is 42.0 Å². The van der Waals surface area contributed by atoms with E-state index >= 15 is 0 Å². The number of aryl methyl sites for hydroxylation is 2. The molecule has 0 saturated carbocycles. The molecule has 152 valence electrons. The fourth-order valence-electron chi connectivity index (χ4n) is 3.07. The minimum atomic E-state index is -0.158. The third-order valence-corrected chi connectivity index (χ3v) is 5.05. The number of nitrogens with zero attached hydrogens (tertiary/aromatic N) is 2. The molecule has 7 nitrogen and oxygen atoms in total. The second-order valence-electron chi connectivity index (χ2n) is 6.49. The lowest BCUT2D eigenvalue weighted by molar-refractivity contribution is -0.143. The predicted molar refractivity (Wildman–Crippen MR) is 106 cm³/mol. The third-order valence-electron chi connectivity index (χ3n) is 4.43. The van der Waals surface area contributed by atoms with Gasteiger partial charge in [-0.1, -0.05) is 6.92 Å². The van der Waals surface area contributed by atoms with Crippen LogP contribution in [0.5, 0.6) is 0 Å². The van der Waals surface area contributed by atoms with E-state index in [0.29, 0.717) is 52.2 Å². The molecule has 0 spiro atoms. The summed E-state index contributed by atoms with van der Waals surface area (Å²) in [5.41, 5.74) is 2.51. The number of rotatable bonds is 8. The van der Waals surface area contributed by atoms with Gasteiger partial charge in [0.2, 0.25) is 0 Å². The minimum absolute atomic E-state index is 0.0431. The lowest BCUT2D eigenvalue weighted by atomic mass is 10.1. The molecule has 27 heavy (non-hydrogen) atoms. The van der Waals surface area contributed by atoms with E-state index in [-0.39, 0.29) is 11.9 Å². The second-order valence-corrected chi connectivity index (χ2v) is 7.47. The molecule has 1 amide bonds. The summed E-state index contributed by atoms with van der Waals surface area (Å²) in [6.45, 7) is 4.99. The van der Waals surface area contributed by atoms with Gasteiger partial charge in [-0.3, -0.25) is 14.3 Å². The smallest absolute Gasteiger partial charge is 0.306 e. The molecule has 0 saturated heterocycles. The van der Waals surface area contributed by atoms with E-state index in [1.165, 1.54) is 0 Å². The molecule has 1 aromatic rings. The number of hydrogen-bond donors (Lipinski definition) is 1. The van der Waals surface area contributed by atoms with Crippen LogP contribution >= 0.6 is 11.8 Å². The van der Waals surface area contributed by atoms with Crippen LogP contribution in [0.15, 0.2) is 0 Å². The maximum absolute atomic E-state index is 12.7. The van der Waals surface area contributed by atoms with Crippen LogP contribution in [0.4, 0.5) is 0 Å². The number of carbonyl (C=O) groups excluding carboxylic acids is 2. The van der Waals surface area contributed by atoms with E-state index in [9.17, 15) is 9.59 Å². The fourth-order valence-corrected chi connectivity index (χ4v) is 3.44. The quantitative estimate of drug-likeness (QED) is 0.535. The van der Waals surface area contributed by atoms with Crippen LogP contribution in [-0.2, 0) is 33.7 Å². The maximum Gasteiger partial charge on any atom is 0.306 e. The van der Waals surface area contributed by atoms with Gasteiger partial charge in [0.05, 0.1) is 30.0 Å². The molecule has 8 heteroatoms. The first kappa shape index (κ1) is 21.8. The molecular formula is C19H31N3O4S. The largest absolute Gasteiger partial charge is 0.466 e. The van der Waals surface area contributed by atoms with Crippen molar-refractivity contribution in [1.29, 1.82) is 0 Å². The number of aromatic nitrogens is 2. The van der Waals surface area contributed by atoms with E-state index < -0.39 is 0 Å². The Bertz CT molecular complexity index is 618. The second kappa shape index (κ2) is 12.0. The highest BCUT2D eigenvalue weighted by Gasteiger charge is 2.22. The van der Waals surface area contributed by atoms with Gasteiger partial charge in [0, 0.05) is 38.5 Å². The number of esters is 1. The first-order chi connectivity index (χ1) is 13.2. The average molecular weight is 398 g/mol. The Balaban J connectivity index is 2.03. The van der Waals surface area contributed by atoms with Gasteiger partial charge < -0.3 is 14.8 Å². The van der Waals surface area contributed by atoms with E-state index in [1.54, 1.807) is 11.8 Å². The molecule has 1 N–H and O–H groups in total.